The lowest BCUT2D eigenvalue weighted by atomic mass is 9.90. The number of rotatable bonds is 3. The molecule has 0 aliphatic carbocycles. The van der Waals surface area contributed by atoms with Gasteiger partial charge in [-0.15, -0.1) is 0 Å². The number of hydrogen-bond donors (Lipinski definition) is 1. The highest BCUT2D eigenvalue weighted by Crippen LogP contribution is 2.27. The van der Waals surface area contributed by atoms with Crippen LogP contribution in [0.4, 0.5) is 0 Å². The Morgan fingerprint density at radius 1 is 1.75 bits per heavy atom. The number of carboxylic acid groups (broad SMARTS) is 1. The third kappa shape index (κ3) is 1.75. The van der Waals surface area contributed by atoms with Gasteiger partial charge in [-0.3, -0.25) is 9.59 Å². The van der Waals surface area contributed by atoms with Gasteiger partial charge < -0.3 is 9.84 Å². The zero-order valence-electron chi connectivity index (χ0n) is 6.95. The van der Waals surface area contributed by atoms with E-state index in [-0.39, 0.29) is 30.8 Å². The van der Waals surface area contributed by atoms with Gasteiger partial charge in [-0.2, -0.15) is 0 Å². The van der Waals surface area contributed by atoms with E-state index in [0.29, 0.717) is 6.42 Å². The van der Waals surface area contributed by atoms with E-state index in [1.807, 2.05) is 6.92 Å². The molecule has 1 aliphatic heterocycles. The molecular weight excluding hydrogens is 160 g/mol. The Balaban J connectivity index is 2.54. The van der Waals surface area contributed by atoms with Crippen molar-refractivity contribution in [2.45, 2.75) is 19.8 Å². The number of hydrogen-bond acceptors (Lipinski definition) is 3. The standard InChI is InChI=1S/C8H12O4/c1-2-6-5(3-7(9)10)4-12-8(6)11/h5-6H,2-4H2,1H3,(H,9,10)/t5?,6-/m1/s1. The van der Waals surface area contributed by atoms with Crippen LogP contribution in [0.15, 0.2) is 0 Å². The molecule has 1 unspecified atom stereocenters. The number of carboxylic acids is 1. The van der Waals surface area contributed by atoms with Gasteiger partial charge in [0.1, 0.15) is 0 Å². The van der Waals surface area contributed by atoms with Crippen LogP contribution in [-0.2, 0) is 14.3 Å². The van der Waals surface area contributed by atoms with E-state index in [1.54, 1.807) is 0 Å². The summed E-state index contributed by atoms with van der Waals surface area (Å²) in [5, 5.41) is 8.51. The minimum absolute atomic E-state index is 0.0320. The first kappa shape index (κ1) is 9.03. The van der Waals surface area contributed by atoms with Crippen molar-refractivity contribution in [2.75, 3.05) is 6.61 Å². The molecular formula is C8H12O4. The van der Waals surface area contributed by atoms with Crippen LogP contribution in [0.3, 0.4) is 0 Å². The molecule has 0 radical (unpaired) electrons. The molecule has 4 heteroatoms. The zero-order chi connectivity index (χ0) is 9.14. The number of ether oxygens (including phenoxy) is 1. The highest BCUT2D eigenvalue weighted by atomic mass is 16.5. The Labute approximate surface area is 70.5 Å². The maximum atomic E-state index is 11.0. The normalized spacial score (nSPS) is 28.6. The van der Waals surface area contributed by atoms with Gasteiger partial charge in [0, 0.05) is 5.92 Å². The quantitative estimate of drug-likeness (QED) is 0.635. The van der Waals surface area contributed by atoms with Crippen LogP contribution >= 0.6 is 0 Å². The summed E-state index contributed by atoms with van der Waals surface area (Å²) in [6, 6.07) is 0. The molecule has 1 N–H and O–H groups in total. The Morgan fingerprint density at radius 2 is 2.42 bits per heavy atom. The molecule has 1 heterocycles. The molecule has 0 aromatic carbocycles. The third-order valence-corrected chi connectivity index (χ3v) is 2.19. The van der Waals surface area contributed by atoms with Crippen molar-refractivity contribution >= 4 is 11.9 Å². The Kier molecular flexibility index (Phi) is 2.68. The minimum atomic E-state index is -0.864. The molecule has 0 aromatic rings. The second-order valence-electron chi connectivity index (χ2n) is 3.00. The Morgan fingerprint density at radius 3 is 2.92 bits per heavy atom. The summed E-state index contributed by atoms with van der Waals surface area (Å²) < 4.78 is 4.77. The van der Waals surface area contributed by atoms with E-state index in [4.69, 9.17) is 9.84 Å². The molecule has 0 bridgehead atoms. The lowest BCUT2D eigenvalue weighted by Crippen LogP contribution is -2.18. The predicted molar refractivity (Wildman–Crippen MR) is 40.5 cm³/mol. The van der Waals surface area contributed by atoms with E-state index in [0.717, 1.165) is 0 Å². The van der Waals surface area contributed by atoms with Gasteiger partial charge in [-0.25, -0.2) is 0 Å². The van der Waals surface area contributed by atoms with Gasteiger partial charge in [0.05, 0.1) is 18.9 Å². The van der Waals surface area contributed by atoms with Crippen molar-refractivity contribution < 1.29 is 19.4 Å². The van der Waals surface area contributed by atoms with Crippen molar-refractivity contribution in [1.82, 2.24) is 0 Å². The van der Waals surface area contributed by atoms with Crippen LogP contribution in [-0.4, -0.2) is 23.7 Å². The third-order valence-electron chi connectivity index (χ3n) is 2.19. The molecule has 1 aliphatic rings. The molecule has 0 aromatic heterocycles. The van der Waals surface area contributed by atoms with Gasteiger partial charge in [-0.05, 0) is 6.42 Å². The maximum Gasteiger partial charge on any atom is 0.309 e. The summed E-state index contributed by atoms with van der Waals surface area (Å²) in [5.41, 5.74) is 0. The summed E-state index contributed by atoms with van der Waals surface area (Å²) in [4.78, 5) is 21.3. The number of carbonyl (C=O) groups excluding carboxylic acids is 1. The predicted octanol–water partition coefficient (Wildman–Crippen LogP) is 0.660. The van der Waals surface area contributed by atoms with Crippen LogP contribution in [0, 0.1) is 11.8 Å². The number of carbonyl (C=O) groups is 2. The first-order valence-electron chi connectivity index (χ1n) is 4.03. The fourth-order valence-corrected chi connectivity index (χ4v) is 1.53. The summed E-state index contributed by atoms with van der Waals surface area (Å²) in [6.45, 7) is 2.13. The fourth-order valence-electron chi connectivity index (χ4n) is 1.53. The first-order chi connectivity index (χ1) is 5.65. The van der Waals surface area contributed by atoms with E-state index >= 15 is 0 Å². The molecule has 0 amide bonds. The zero-order valence-corrected chi connectivity index (χ0v) is 6.95. The molecule has 0 saturated carbocycles. The molecule has 68 valence electrons. The summed E-state index contributed by atoms with van der Waals surface area (Å²) >= 11 is 0. The molecule has 4 nitrogen and oxygen atoms in total. The molecule has 2 atom stereocenters. The van der Waals surface area contributed by atoms with E-state index in [1.165, 1.54) is 0 Å². The van der Waals surface area contributed by atoms with Crippen LogP contribution in [0.1, 0.15) is 19.8 Å². The SMILES string of the molecule is CC[C@H]1C(=O)OCC1CC(=O)O. The van der Waals surface area contributed by atoms with Gasteiger partial charge in [0.15, 0.2) is 0 Å². The number of cyclic esters (lactones) is 1. The monoisotopic (exact) mass is 172 g/mol. The van der Waals surface area contributed by atoms with E-state index < -0.39 is 5.97 Å². The van der Waals surface area contributed by atoms with Crippen molar-refractivity contribution in [2.24, 2.45) is 11.8 Å². The number of aliphatic carboxylic acids is 1. The van der Waals surface area contributed by atoms with Gasteiger partial charge in [0.2, 0.25) is 0 Å². The Hall–Kier alpha value is -1.06. The lowest BCUT2D eigenvalue weighted by molar-refractivity contribution is -0.141. The van der Waals surface area contributed by atoms with Crippen molar-refractivity contribution in [3.63, 3.8) is 0 Å². The smallest absolute Gasteiger partial charge is 0.309 e. The highest BCUT2D eigenvalue weighted by Gasteiger charge is 2.36. The summed E-state index contributed by atoms with van der Waals surface area (Å²) in [6.07, 6.45) is 0.695. The molecule has 12 heavy (non-hydrogen) atoms. The average Bonchev–Trinajstić information content (AvgIpc) is 2.30. The maximum absolute atomic E-state index is 11.0. The summed E-state index contributed by atoms with van der Waals surface area (Å²) in [5.74, 6) is -1.44. The highest BCUT2D eigenvalue weighted by molar-refractivity contribution is 5.76. The lowest BCUT2D eigenvalue weighted by Gasteiger charge is -2.09. The summed E-state index contributed by atoms with van der Waals surface area (Å²) in [7, 11) is 0. The van der Waals surface area contributed by atoms with Crippen molar-refractivity contribution in [3.05, 3.63) is 0 Å². The Bertz CT molecular complexity index is 199. The minimum Gasteiger partial charge on any atom is -0.481 e. The largest absolute Gasteiger partial charge is 0.481 e. The first-order valence-corrected chi connectivity index (χ1v) is 4.03. The fraction of sp³-hybridized carbons (Fsp3) is 0.750. The number of esters is 1. The molecule has 0 spiro atoms. The van der Waals surface area contributed by atoms with Gasteiger partial charge >= 0.3 is 11.9 Å². The molecule has 1 rings (SSSR count). The van der Waals surface area contributed by atoms with Crippen LogP contribution in [0.5, 0.6) is 0 Å². The topological polar surface area (TPSA) is 63.6 Å². The second kappa shape index (κ2) is 3.56. The van der Waals surface area contributed by atoms with Crippen LogP contribution < -0.4 is 0 Å². The van der Waals surface area contributed by atoms with Crippen LogP contribution in [0.25, 0.3) is 0 Å². The second-order valence-corrected chi connectivity index (χ2v) is 3.00. The molecule has 1 saturated heterocycles. The van der Waals surface area contributed by atoms with Crippen molar-refractivity contribution in [3.8, 4) is 0 Å². The van der Waals surface area contributed by atoms with E-state index in [9.17, 15) is 9.59 Å². The average molecular weight is 172 g/mol. The molecule has 1 fully saturated rings. The van der Waals surface area contributed by atoms with Crippen molar-refractivity contribution in [1.29, 1.82) is 0 Å². The van der Waals surface area contributed by atoms with Gasteiger partial charge in [-0.1, -0.05) is 6.92 Å². The van der Waals surface area contributed by atoms with Gasteiger partial charge in [0.25, 0.3) is 0 Å². The van der Waals surface area contributed by atoms with Crippen LogP contribution in [0.2, 0.25) is 0 Å². The van der Waals surface area contributed by atoms with E-state index in [2.05, 4.69) is 0 Å².